The third kappa shape index (κ3) is 6.74. The van der Waals surface area contributed by atoms with Crippen molar-refractivity contribution in [1.29, 1.82) is 0 Å². The molecule has 1 aromatic heterocycles. The quantitative estimate of drug-likeness (QED) is 0.157. The SMILES string of the molecule is C/C(CC(=O)c1ccccc1)=N/Nc1nc(C(F)(F)F)nc(-c2ccc(S(C)(=O)=O)cc2)c1-c1ccccc1. The van der Waals surface area contributed by atoms with E-state index in [1.165, 1.54) is 24.3 Å². The zero-order valence-electron chi connectivity index (χ0n) is 20.9. The number of hydrazone groups is 1. The monoisotopic (exact) mass is 552 g/mol. The van der Waals surface area contributed by atoms with E-state index in [0.29, 0.717) is 16.8 Å². The minimum Gasteiger partial charge on any atom is -0.294 e. The number of nitrogens with zero attached hydrogens (tertiary/aromatic N) is 3. The number of Topliss-reactive ketones (excluding diaryl/α,β-unsaturated/α-hetero) is 1. The Morgan fingerprint density at radius 1 is 0.872 bits per heavy atom. The molecule has 0 fully saturated rings. The van der Waals surface area contributed by atoms with Crippen molar-refractivity contribution in [3.8, 4) is 22.4 Å². The van der Waals surface area contributed by atoms with Crippen molar-refractivity contribution in [2.24, 2.45) is 5.10 Å². The molecule has 0 aliphatic carbocycles. The molecule has 4 aromatic rings. The molecule has 7 nitrogen and oxygen atoms in total. The van der Waals surface area contributed by atoms with Gasteiger partial charge in [-0.05, 0) is 24.6 Å². The van der Waals surface area contributed by atoms with Crippen molar-refractivity contribution < 1.29 is 26.4 Å². The van der Waals surface area contributed by atoms with Crippen LogP contribution in [0, 0.1) is 0 Å². The van der Waals surface area contributed by atoms with E-state index in [4.69, 9.17) is 0 Å². The number of hydrogen-bond acceptors (Lipinski definition) is 7. The fraction of sp³-hybridized carbons (Fsp3) is 0.143. The lowest BCUT2D eigenvalue weighted by atomic mass is 9.99. The molecule has 0 amide bonds. The number of ketones is 1. The van der Waals surface area contributed by atoms with Crippen LogP contribution in [0.2, 0.25) is 0 Å². The first-order valence-corrected chi connectivity index (χ1v) is 13.5. The summed E-state index contributed by atoms with van der Waals surface area (Å²) in [6.45, 7) is 1.58. The Bertz CT molecular complexity index is 1620. The number of benzene rings is 3. The average Bonchev–Trinajstić information content (AvgIpc) is 2.91. The Hall–Kier alpha value is -4.38. The van der Waals surface area contributed by atoms with Crippen LogP contribution in [-0.2, 0) is 16.0 Å². The van der Waals surface area contributed by atoms with Crippen LogP contribution in [0.1, 0.15) is 29.5 Å². The highest BCUT2D eigenvalue weighted by molar-refractivity contribution is 7.90. The molecule has 4 rings (SSSR count). The Labute approximate surface area is 223 Å². The first-order chi connectivity index (χ1) is 18.4. The van der Waals surface area contributed by atoms with E-state index in [1.807, 2.05) is 0 Å². The summed E-state index contributed by atoms with van der Waals surface area (Å²) in [5, 5.41) is 4.16. The molecule has 0 spiro atoms. The van der Waals surface area contributed by atoms with Gasteiger partial charge in [-0.1, -0.05) is 72.8 Å². The molecule has 0 unspecified atom stereocenters. The maximum Gasteiger partial charge on any atom is 0.451 e. The molecular formula is C28H23F3N4O3S. The van der Waals surface area contributed by atoms with Gasteiger partial charge in [0.1, 0.15) is 0 Å². The van der Waals surface area contributed by atoms with Gasteiger partial charge in [0.2, 0.25) is 5.82 Å². The zero-order valence-corrected chi connectivity index (χ0v) is 21.7. The lowest BCUT2D eigenvalue weighted by Gasteiger charge is -2.17. The largest absolute Gasteiger partial charge is 0.451 e. The van der Waals surface area contributed by atoms with Crippen LogP contribution in [0.4, 0.5) is 19.0 Å². The van der Waals surface area contributed by atoms with Crippen molar-refractivity contribution in [3.63, 3.8) is 0 Å². The number of sulfone groups is 1. The highest BCUT2D eigenvalue weighted by atomic mass is 32.2. The van der Waals surface area contributed by atoms with Crippen molar-refractivity contribution in [2.45, 2.75) is 24.4 Å². The van der Waals surface area contributed by atoms with Gasteiger partial charge < -0.3 is 0 Å². The lowest BCUT2D eigenvalue weighted by Crippen LogP contribution is -2.15. The van der Waals surface area contributed by atoms with Gasteiger partial charge in [0.05, 0.1) is 22.6 Å². The summed E-state index contributed by atoms with van der Waals surface area (Å²) in [5.41, 5.74) is 4.33. The van der Waals surface area contributed by atoms with Crippen LogP contribution in [0.5, 0.6) is 0 Å². The van der Waals surface area contributed by atoms with E-state index < -0.39 is 21.8 Å². The highest BCUT2D eigenvalue weighted by Gasteiger charge is 2.37. The van der Waals surface area contributed by atoms with Crippen LogP contribution in [0.3, 0.4) is 0 Å². The van der Waals surface area contributed by atoms with Crippen molar-refractivity contribution in [2.75, 3.05) is 11.7 Å². The van der Waals surface area contributed by atoms with Crippen LogP contribution in [0.25, 0.3) is 22.4 Å². The lowest BCUT2D eigenvalue weighted by molar-refractivity contribution is -0.144. The van der Waals surface area contributed by atoms with Gasteiger partial charge in [0, 0.05) is 23.1 Å². The average molecular weight is 553 g/mol. The highest BCUT2D eigenvalue weighted by Crippen LogP contribution is 2.39. The summed E-state index contributed by atoms with van der Waals surface area (Å²) in [4.78, 5) is 20.1. The van der Waals surface area contributed by atoms with Gasteiger partial charge >= 0.3 is 6.18 Å². The second kappa shape index (κ2) is 11.2. The number of alkyl halides is 3. The van der Waals surface area contributed by atoms with Crippen LogP contribution in [0.15, 0.2) is 94.9 Å². The van der Waals surface area contributed by atoms with Crippen molar-refractivity contribution in [1.82, 2.24) is 9.97 Å². The summed E-state index contributed by atoms with van der Waals surface area (Å²) in [6.07, 6.45) is -3.90. The number of carbonyl (C=O) groups is 1. The van der Waals surface area contributed by atoms with Gasteiger partial charge in [0.15, 0.2) is 21.4 Å². The van der Waals surface area contributed by atoms with E-state index >= 15 is 0 Å². The maximum absolute atomic E-state index is 13.9. The fourth-order valence-corrected chi connectivity index (χ4v) is 4.39. The van der Waals surface area contributed by atoms with E-state index in [-0.39, 0.29) is 39.7 Å². The summed E-state index contributed by atoms with van der Waals surface area (Å²) in [5.74, 6) is -1.83. The predicted octanol–water partition coefficient (Wildman–Crippen LogP) is 6.29. The molecule has 1 N–H and O–H groups in total. The number of anilines is 1. The number of halogens is 3. The molecule has 0 saturated heterocycles. The standard InChI is InChI=1S/C28H23F3N4O3S/c1-18(17-23(36)19-9-5-3-6-10-19)34-35-26-24(20-11-7-4-8-12-20)25(32-27(33-26)28(29,30)31)21-13-15-22(16-14-21)39(2,37)38/h3-16H,17H2,1-2H3,(H,32,33,35)/b34-18-. The first-order valence-electron chi connectivity index (χ1n) is 11.7. The van der Waals surface area contributed by atoms with Gasteiger partial charge in [-0.2, -0.15) is 18.3 Å². The third-order valence-electron chi connectivity index (χ3n) is 5.65. The van der Waals surface area contributed by atoms with Crippen molar-refractivity contribution >= 4 is 27.2 Å². The van der Waals surface area contributed by atoms with Crippen LogP contribution < -0.4 is 5.43 Å². The molecule has 0 aliphatic rings. The topological polar surface area (TPSA) is 101 Å². The number of nitrogens with one attached hydrogen (secondary N) is 1. The minimum atomic E-state index is -4.88. The maximum atomic E-state index is 13.9. The molecule has 0 saturated carbocycles. The molecule has 0 radical (unpaired) electrons. The number of aromatic nitrogens is 2. The first kappa shape index (κ1) is 27.6. The zero-order chi connectivity index (χ0) is 28.2. The van der Waals surface area contributed by atoms with E-state index in [9.17, 15) is 26.4 Å². The predicted molar refractivity (Wildman–Crippen MR) is 143 cm³/mol. The molecule has 200 valence electrons. The van der Waals surface area contributed by atoms with E-state index in [0.717, 1.165) is 6.26 Å². The summed E-state index contributed by atoms with van der Waals surface area (Å²) in [6, 6.07) is 22.5. The second-order valence-corrected chi connectivity index (χ2v) is 10.7. The number of carbonyl (C=O) groups excluding carboxylic acids is 1. The van der Waals surface area contributed by atoms with Gasteiger partial charge in [0.25, 0.3) is 0 Å². The van der Waals surface area contributed by atoms with Crippen LogP contribution in [-0.4, -0.2) is 36.1 Å². The molecule has 11 heteroatoms. The fourth-order valence-electron chi connectivity index (χ4n) is 3.76. The normalized spacial score (nSPS) is 12.3. The summed E-state index contributed by atoms with van der Waals surface area (Å²) >= 11 is 0. The Kier molecular flexibility index (Phi) is 7.91. The van der Waals surface area contributed by atoms with Gasteiger partial charge in [-0.25, -0.2) is 18.4 Å². The number of rotatable bonds is 8. The molecule has 0 bridgehead atoms. The Morgan fingerprint density at radius 3 is 2.03 bits per heavy atom. The summed E-state index contributed by atoms with van der Waals surface area (Å²) < 4.78 is 65.4. The van der Waals surface area contributed by atoms with E-state index in [1.54, 1.807) is 67.6 Å². The molecule has 1 heterocycles. The Balaban J connectivity index is 1.83. The van der Waals surface area contributed by atoms with Gasteiger partial charge in [-0.15, -0.1) is 0 Å². The molecule has 0 aliphatic heterocycles. The third-order valence-corrected chi connectivity index (χ3v) is 6.77. The number of hydrogen-bond donors (Lipinski definition) is 1. The van der Waals surface area contributed by atoms with Crippen LogP contribution >= 0.6 is 0 Å². The minimum absolute atomic E-state index is 0.0132. The smallest absolute Gasteiger partial charge is 0.294 e. The van der Waals surface area contributed by atoms with Gasteiger partial charge in [-0.3, -0.25) is 10.2 Å². The molecule has 3 aromatic carbocycles. The Morgan fingerprint density at radius 2 is 1.46 bits per heavy atom. The summed E-state index contributed by atoms with van der Waals surface area (Å²) in [7, 11) is -3.52. The van der Waals surface area contributed by atoms with Crippen molar-refractivity contribution in [3.05, 3.63) is 96.3 Å². The second-order valence-electron chi connectivity index (χ2n) is 8.70. The van der Waals surface area contributed by atoms with E-state index in [2.05, 4.69) is 20.5 Å². The molecule has 0 atom stereocenters. The molecular weight excluding hydrogens is 529 g/mol. The molecule has 39 heavy (non-hydrogen) atoms.